The van der Waals surface area contributed by atoms with Gasteiger partial charge in [-0.15, -0.1) is 0 Å². The van der Waals surface area contributed by atoms with E-state index in [0.717, 1.165) is 20.6 Å². The van der Waals surface area contributed by atoms with Crippen LogP contribution in [0.5, 0.6) is 0 Å². The highest BCUT2D eigenvalue weighted by Gasteiger charge is 2.00. The minimum atomic E-state index is 0.687. The Morgan fingerprint density at radius 3 is 2.62 bits per heavy atom. The first-order valence-corrected chi connectivity index (χ1v) is 6.48. The highest BCUT2D eigenvalue weighted by Crippen LogP contribution is 2.21. The van der Waals surface area contributed by atoms with E-state index < -0.39 is 0 Å². The van der Waals surface area contributed by atoms with Crippen LogP contribution in [-0.4, -0.2) is 0 Å². The lowest BCUT2D eigenvalue weighted by Gasteiger charge is -2.06. The van der Waals surface area contributed by atoms with Crippen LogP contribution >= 0.6 is 31.9 Å². The van der Waals surface area contributed by atoms with Crippen LogP contribution in [-0.2, 0) is 6.54 Å². The Labute approximate surface area is 111 Å². The zero-order valence-electron chi connectivity index (χ0n) is 8.76. The molecule has 84 valence electrons. The van der Waals surface area contributed by atoms with Gasteiger partial charge in [-0.1, -0.05) is 15.9 Å². The van der Waals surface area contributed by atoms with E-state index in [0.29, 0.717) is 6.54 Å². The van der Waals surface area contributed by atoms with Crippen LogP contribution in [0.25, 0.3) is 0 Å². The average molecular weight is 345 g/mol. The zero-order valence-corrected chi connectivity index (χ0v) is 11.9. The zero-order chi connectivity index (χ0) is 11.5. The second kappa shape index (κ2) is 5.06. The van der Waals surface area contributed by atoms with Gasteiger partial charge in [-0.3, -0.25) is 0 Å². The first-order valence-electron chi connectivity index (χ1n) is 4.89. The van der Waals surface area contributed by atoms with Gasteiger partial charge in [0.1, 0.15) is 5.76 Å². The minimum Gasteiger partial charge on any atom is -0.452 e. The smallest absolute Gasteiger partial charge is 0.169 e. The number of halogens is 2. The van der Waals surface area contributed by atoms with Gasteiger partial charge in [0.25, 0.3) is 0 Å². The number of anilines is 1. The lowest BCUT2D eigenvalue weighted by atomic mass is 10.2. The first-order chi connectivity index (χ1) is 7.65. The van der Waals surface area contributed by atoms with Crippen LogP contribution in [0.2, 0.25) is 0 Å². The fraction of sp³-hybridized carbons (Fsp3) is 0.167. The molecular weight excluding hydrogens is 334 g/mol. The molecule has 0 aliphatic heterocycles. The molecule has 0 amide bonds. The molecule has 1 aromatic heterocycles. The predicted molar refractivity (Wildman–Crippen MR) is 72.6 cm³/mol. The number of hydrogen-bond acceptors (Lipinski definition) is 2. The van der Waals surface area contributed by atoms with Crippen molar-refractivity contribution in [3.8, 4) is 0 Å². The first kappa shape index (κ1) is 11.7. The van der Waals surface area contributed by atoms with E-state index >= 15 is 0 Å². The maximum atomic E-state index is 5.40. The minimum absolute atomic E-state index is 0.687. The molecule has 0 fully saturated rings. The van der Waals surface area contributed by atoms with E-state index in [1.807, 2.05) is 24.3 Å². The Morgan fingerprint density at radius 1 is 1.19 bits per heavy atom. The van der Waals surface area contributed by atoms with Crippen LogP contribution in [0.3, 0.4) is 0 Å². The van der Waals surface area contributed by atoms with Crippen molar-refractivity contribution in [2.45, 2.75) is 13.5 Å². The normalized spacial score (nSPS) is 10.4. The van der Waals surface area contributed by atoms with E-state index in [2.05, 4.69) is 50.2 Å². The van der Waals surface area contributed by atoms with Crippen LogP contribution in [0.4, 0.5) is 5.69 Å². The summed E-state index contributed by atoms with van der Waals surface area (Å²) < 4.78 is 7.29. The van der Waals surface area contributed by atoms with Crippen molar-refractivity contribution in [3.63, 3.8) is 0 Å². The summed E-state index contributed by atoms with van der Waals surface area (Å²) in [5, 5.41) is 3.31. The van der Waals surface area contributed by atoms with Crippen LogP contribution < -0.4 is 5.32 Å². The van der Waals surface area contributed by atoms with Gasteiger partial charge >= 0.3 is 0 Å². The average Bonchev–Trinajstić information content (AvgIpc) is 2.66. The number of aryl methyl sites for hydroxylation is 1. The summed E-state index contributed by atoms with van der Waals surface area (Å²) in [5.74, 6) is 0.910. The van der Waals surface area contributed by atoms with Gasteiger partial charge in [-0.25, -0.2) is 0 Å². The SMILES string of the molecule is Cc1cc(NCc2ccc(Br)o2)ccc1Br. The van der Waals surface area contributed by atoms with E-state index in [-0.39, 0.29) is 0 Å². The predicted octanol–water partition coefficient (Wildman–Crippen LogP) is 4.73. The third kappa shape index (κ3) is 2.89. The Balaban J connectivity index is 2.02. The number of benzene rings is 1. The third-order valence-electron chi connectivity index (χ3n) is 2.25. The molecular formula is C12H11Br2NO. The highest BCUT2D eigenvalue weighted by atomic mass is 79.9. The number of nitrogens with one attached hydrogen (secondary N) is 1. The Bertz CT molecular complexity index is 494. The van der Waals surface area contributed by atoms with Gasteiger partial charge in [0.15, 0.2) is 4.67 Å². The van der Waals surface area contributed by atoms with E-state index in [1.165, 1.54) is 5.56 Å². The lowest BCUT2D eigenvalue weighted by Crippen LogP contribution is -1.98. The van der Waals surface area contributed by atoms with E-state index in [4.69, 9.17) is 4.42 Å². The Hall–Kier alpha value is -0.740. The third-order valence-corrected chi connectivity index (χ3v) is 3.57. The summed E-state index contributed by atoms with van der Waals surface area (Å²) in [4.78, 5) is 0. The summed E-state index contributed by atoms with van der Waals surface area (Å²) in [5.41, 5.74) is 2.30. The summed E-state index contributed by atoms with van der Waals surface area (Å²) in [6.07, 6.45) is 0. The van der Waals surface area contributed by atoms with Crippen LogP contribution in [0.1, 0.15) is 11.3 Å². The molecule has 0 aliphatic rings. The fourth-order valence-electron chi connectivity index (χ4n) is 1.39. The number of hydrogen-bond donors (Lipinski definition) is 1. The summed E-state index contributed by atoms with van der Waals surface area (Å²) in [6, 6.07) is 10.0. The molecule has 0 bridgehead atoms. The van der Waals surface area contributed by atoms with Crippen molar-refractivity contribution in [1.82, 2.24) is 0 Å². The Morgan fingerprint density at radius 2 is 2.00 bits per heavy atom. The van der Waals surface area contributed by atoms with Crippen LogP contribution in [0.15, 0.2) is 43.9 Å². The number of rotatable bonds is 3. The van der Waals surface area contributed by atoms with Gasteiger partial charge in [0.2, 0.25) is 0 Å². The maximum absolute atomic E-state index is 5.40. The summed E-state index contributed by atoms with van der Waals surface area (Å²) >= 11 is 6.76. The Kier molecular flexibility index (Phi) is 3.71. The largest absolute Gasteiger partial charge is 0.452 e. The van der Waals surface area contributed by atoms with Gasteiger partial charge in [0.05, 0.1) is 6.54 Å². The van der Waals surface area contributed by atoms with Crippen molar-refractivity contribution in [2.75, 3.05) is 5.32 Å². The molecule has 0 unspecified atom stereocenters. The molecule has 16 heavy (non-hydrogen) atoms. The quantitative estimate of drug-likeness (QED) is 0.871. The number of furan rings is 1. The van der Waals surface area contributed by atoms with E-state index in [1.54, 1.807) is 0 Å². The molecule has 2 nitrogen and oxygen atoms in total. The second-order valence-electron chi connectivity index (χ2n) is 3.52. The summed E-state index contributed by atoms with van der Waals surface area (Å²) in [6.45, 7) is 2.76. The lowest BCUT2D eigenvalue weighted by molar-refractivity contribution is 0.495. The summed E-state index contributed by atoms with van der Waals surface area (Å²) in [7, 11) is 0. The van der Waals surface area contributed by atoms with Crippen LogP contribution in [0, 0.1) is 6.92 Å². The molecule has 0 saturated carbocycles. The molecule has 0 spiro atoms. The fourth-order valence-corrected chi connectivity index (χ4v) is 1.98. The molecule has 0 aliphatic carbocycles. The van der Waals surface area contributed by atoms with Crippen molar-refractivity contribution >= 4 is 37.5 Å². The molecule has 4 heteroatoms. The molecule has 1 heterocycles. The second-order valence-corrected chi connectivity index (χ2v) is 5.16. The maximum Gasteiger partial charge on any atom is 0.169 e. The van der Waals surface area contributed by atoms with Crippen molar-refractivity contribution in [1.29, 1.82) is 0 Å². The molecule has 0 saturated heterocycles. The van der Waals surface area contributed by atoms with Gasteiger partial charge in [-0.2, -0.15) is 0 Å². The highest BCUT2D eigenvalue weighted by molar-refractivity contribution is 9.10. The van der Waals surface area contributed by atoms with E-state index in [9.17, 15) is 0 Å². The van der Waals surface area contributed by atoms with Crippen molar-refractivity contribution in [2.24, 2.45) is 0 Å². The van der Waals surface area contributed by atoms with Crippen molar-refractivity contribution in [3.05, 3.63) is 50.8 Å². The monoisotopic (exact) mass is 343 g/mol. The molecule has 2 aromatic rings. The van der Waals surface area contributed by atoms with Crippen molar-refractivity contribution < 1.29 is 4.42 Å². The molecule has 1 aromatic carbocycles. The van der Waals surface area contributed by atoms with Gasteiger partial charge in [-0.05, 0) is 58.7 Å². The molecule has 1 N–H and O–H groups in total. The topological polar surface area (TPSA) is 25.2 Å². The molecule has 0 radical (unpaired) electrons. The molecule has 0 atom stereocenters. The van der Waals surface area contributed by atoms with Gasteiger partial charge in [0, 0.05) is 10.2 Å². The van der Waals surface area contributed by atoms with Gasteiger partial charge < -0.3 is 9.73 Å². The standard InChI is InChI=1S/C12H11Br2NO/c1-8-6-9(2-4-11(8)13)15-7-10-3-5-12(14)16-10/h2-6,15H,7H2,1H3. The molecule has 2 rings (SSSR count).